The molecular weight excluding hydrogens is 156 g/mol. The van der Waals surface area contributed by atoms with E-state index in [1.54, 1.807) is 13.0 Å². The van der Waals surface area contributed by atoms with E-state index in [2.05, 4.69) is 6.58 Å². The summed E-state index contributed by atoms with van der Waals surface area (Å²) in [5.41, 5.74) is 1.05. The van der Waals surface area contributed by atoms with Crippen molar-refractivity contribution in [1.82, 2.24) is 0 Å². The fraction of sp³-hybridized carbons (Fsp3) is 0.444. The predicted molar refractivity (Wildman–Crippen MR) is 44.5 cm³/mol. The zero-order valence-electron chi connectivity index (χ0n) is 6.95. The first-order valence-electron chi connectivity index (χ1n) is 3.80. The van der Waals surface area contributed by atoms with Crippen molar-refractivity contribution in [3.63, 3.8) is 0 Å². The highest BCUT2D eigenvalue weighted by Crippen LogP contribution is 2.25. The molecule has 2 atom stereocenters. The van der Waals surface area contributed by atoms with Gasteiger partial charge in [0.2, 0.25) is 0 Å². The van der Waals surface area contributed by atoms with Gasteiger partial charge in [-0.1, -0.05) is 6.08 Å². The summed E-state index contributed by atoms with van der Waals surface area (Å²) < 4.78 is 0. The van der Waals surface area contributed by atoms with E-state index in [-0.39, 0.29) is 5.78 Å². The molecule has 2 N–H and O–H groups in total. The largest absolute Gasteiger partial charge is 0.386 e. The standard InChI is InChI=1S/C9H12O3/c1-3-4-6-5(2)7(10)9(12)8(6)11/h3,7,9-10,12H,1,4H2,2H3. The number of Topliss-reactive ketones (excluding diaryl/α,β-unsaturated/α-hetero) is 1. The Bertz CT molecular complexity index is 252. The Morgan fingerprint density at radius 3 is 2.42 bits per heavy atom. The van der Waals surface area contributed by atoms with Crippen LogP contribution in [0.1, 0.15) is 13.3 Å². The van der Waals surface area contributed by atoms with Gasteiger partial charge in [0.25, 0.3) is 0 Å². The molecule has 0 amide bonds. The van der Waals surface area contributed by atoms with Gasteiger partial charge < -0.3 is 10.2 Å². The van der Waals surface area contributed by atoms with Crippen molar-refractivity contribution < 1.29 is 15.0 Å². The molecule has 3 heteroatoms. The van der Waals surface area contributed by atoms with Gasteiger partial charge in [-0.15, -0.1) is 6.58 Å². The van der Waals surface area contributed by atoms with E-state index in [0.717, 1.165) is 0 Å². The summed E-state index contributed by atoms with van der Waals surface area (Å²) in [5, 5.41) is 18.4. The molecule has 0 saturated heterocycles. The number of carbonyl (C=O) groups is 1. The molecule has 0 spiro atoms. The van der Waals surface area contributed by atoms with Gasteiger partial charge in [0.1, 0.15) is 12.2 Å². The average Bonchev–Trinajstić information content (AvgIpc) is 2.23. The van der Waals surface area contributed by atoms with E-state index in [1.165, 1.54) is 0 Å². The smallest absolute Gasteiger partial charge is 0.190 e. The molecule has 0 heterocycles. The van der Waals surface area contributed by atoms with E-state index in [0.29, 0.717) is 17.6 Å². The summed E-state index contributed by atoms with van der Waals surface area (Å²) in [5.74, 6) is -0.375. The predicted octanol–water partition coefficient (Wildman–Crippen LogP) is 0.183. The van der Waals surface area contributed by atoms with Gasteiger partial charge in [0.15, 0.2) is 5.78 Å². The van der Waals surface area contributed by atoms with E-state index in [9.17, 15) is 9.90 Å². The number of hydrogen-bond donors (Lipinski definition) is 2. The summed E-state index contributed by atoms with van der Waals surface area (Å²) in [6, 6.07) is 0. The van der Waals surface area contributed by atoms with Crippen LogP contribution in [0.25, 0.3) is 0 Å². The summed E-state index contributed by atoms with van der Waals surface area (Å²) >= 11 is 0. The molecule has 0 radical (unpaired) electrons. The summed E-state index contributed by atoms with van der Waals surface area (Å²) in [6.45, 7) is 5.14. The van der Waals surface area contributed by atoms with Gasteiger partial charge in [0, 0.05) is 5.57 Å². The van der Waals surface area contributed by atoms with Gasteiger partial charge in [0.05, 0.1) is 0 Å². The molecule has 1 aliphatic carbocycles. The van der Waals surface area contributed by atoms with Crippen LogP contribution in [0.15, 0.2) is 23.8 Å². The second-order valence-electron chi connectivity index (χ2n) is 2.91. The number of aliphatic hydroxyl groups excluding tert-OH is 2. The highest BCUT2D eigenvalue weighted by molar-refractivity contribution is 6.03. The summed E-state index contributed by atoms with van der Waals surface area (Å²) in [7, 11) is 0. The van der Waals surface area contributed by atoms with Crippen molar-refractivity contribution in [3.05, 3.63) is 23.8 Å². The van der Waals surface area contributed by atoms with Gasteiger partial charge in [-0.2, -0.15) is 0 Å². The van der Waals surface area contributed by atoms with E-state index in [4.69, 9.17) is 5.11 Å². The van der Waals surface area contributed by atoms with Crippen LogP contribution in [0, 0.1) is 0 Å². The third kappa shape index (κ3) is 1.21. The molecular formula is C9H12O3. The normalized spacial score (nSPS) is 29.8. The second kappa shape index (κ2) is 3.21. The summed E-state index contributed by atoms with van der Waals surface area (Å²) in [4.78, 5) is 11.2. The highest BCUT2D eigenvalue weighted by Gasteiger charge is 2.36. The second-order valence-corrected chi connectivity index (χ2v) is 2.91. The van der Waals surface area contributed by atoms with Gasteiger partial charge >= 0.3 is 0 Å². The van der Waals surface area contributed by atoms with Crippen LogP contribution in [0.4, 0.5) is 0 Å². The molecule has 0 bridgehead atoms. The number of allylic oxidation sites excluding steroid dienone is 1. The number of hydrogen-bond acceptors (Lipinski definition) is 3. The third-order valence-electron chi connectivity index (χ3n) is 2.13. The number of ketones is 1. The van der Waals surface area contributed by atoms with Crippen LogP contribution in [0.3, 0.4) is 0 Å². The van der Waals surface area contributed by atoms with Gasteiger partial charge in [-0.25, -0.2) is 0 Å². The lowest BCUT2D eigenvalue weighted by molar-refractivity contribution is -0.125. The number of carbonyl (C=O) groups excluding carboxylic acids is 1. The van der Waals surface area contributed by atoms with Crippen molar-refractivity contribution in [3.8, 4) is 0 Å². The highest BCUT2D eigenvalue weighted by atomic mass is 16.3. The minimum atomic E-state index is -1.26. The Kier molecular flexibility index (Phi) is 2.45. The van der Waals surface area contributed by atoms with Gasteiger partial charge in [-0.05, 0) is 18.9 Å². The molecule has 2 unspecified atom stereocenters. The zero-order valence-corrected chi connectivity index (χ0v) is 6.95. The molecule has 66 valence electrons. The fourth-order valence-electron chi connectivity index (χ4n) is 1.34. The van der Waals surface area contributed by atoms with Crippen molar-refractivity contribution in [2.24, 2.45) is 0 Å². The van der Waals surface area contributed by atoms with Crippen LogP contribution >= 0.6 is 0 Å². The molecule has 0 aliphatic heterocycles. The van der Waals surface area contributed by atoms with E-state index in [1.807, 2.05) is 0 Å². The lowest BCUT2D eigenvalue weighted by Crippen LogP contribution is -2.27. The maximum atomic E-state index is 11.2. The first-order chi connectivity index (χ1) is 5.59. The van der Waals surface area contributed by atoms with Crippen molar-refractivity contribution >= 4 is 5.78 Å². The molecule has 0 fully saturated rings. The van der Waals surface area contributed by atoms with E-state index < -0.39 is 12.2 Å². The Labute approximate surface area is 71.0 Å². The van der Waals surface area contributed by atoms with Crippen LogP contribution in [0.2, 0.25) is 0 Å². The van der Waals surface area contributed by atoms with Crippen LogP contribution in [0.5, 0.6) is 0 Å². The molecule has 1 aliphatic rings. The minimum absolute atomic E-state index is 0.375. The first-order valence-corrected chi connectivity index (χ1v) is 3.80. The lowest BCUT2D eigenvalue weighted by atomic mass is 10.1. The third-order valence-corrected chi connectivity index (χ3v) is 2.13. The topological polar surface area (TPSA) is 57.5 Å². The monoisotopic (exact) mass is 168 g/mol. The van der Waals surface area contributed by atoms with Crippen LogP contribution in [-0.2, 0) is 4.79 Å². The Hall–Kier alpha value is -0.930. The molecule has 12 heavy (non-hydrogen) atoms. The zero-order chi connectivity index (χ0) is 9.30. The Balaban J connectivity index is 2.95. The maximum absolute atomic E-state index is 11.2. The van der Waals surface area contributed by atoms with E-state index >= 15 is 0 Å². The molecule has 0 aromatic rings. The fourth-order valence-corrected chi connectivity index (χ4v) is 1.34. The van der Waals surface area contributed by atoms with Crippen molar-refractivity contribution in [2.75, 3.05) is 0 Å². The average molecular weight is 168 g/mol. The molecule has 3 nitrogen and oxygen atoms in total. The number of aliphatic hydroxyl groups is 2. The molecule has 0 saturated carbocycles. The molecule has 0 aromatic heterocycles. The maximum Gasteiger partial charge on any atom is 0.190 e. The van der Waals surface area contributed by atoms with Crippen LogP contribution < -0.4 is 0 Å². The van der Waals surface area contributed by atoms with Gasteiger partial charge in [-0.3, -0.25) is 4.79 Å². The Morgan fingerprint density at radius 1 is 1.50 bits per heavy atom. The molecule has 0 aromatic carbocycles. The lowest BCUT2D eigenvalue weighted by Gasteiger charge is -2.06. The number of rotatable bonds is 2. The summed E-state index contributed by atoms with van der Waals surface area (Å²) in [6.07, 6.45) is -0.285. The van der Waals surface area contributed by atoms with Crippen molar-refractivity contribution in [1.29, 1.82) is 0 Å². The molecule has 1 rings (SSSR count). The minimum Gasteiger partial charge on any atom is -0.386 e. The van der Waals surface area contributed by atoms with Crippen molar-refractivity contribution in [2.45, 2.75) is 25.6 Å². The van der Waals surface area contributed by atoms with Crippen LogP contribution in [-0.4, -0.2) is 28.2 Å². The Morgan fingerprint density at radius 2 is 2.08 bits per heavy atom. The SMILES string of the molecule is C=CCC1=C(C)C(O)C(O)C1=O. The quantitative estimate of drug-likeness (QED) is 0.578. The first kappa shape index (κ1) is 9.16.